The van der Waals surface area contributed by atoms with Gasteiger partial charge in [-0.2, -0.15) is 0 Å². The highest BCUT2D eigenvalue weighted by Crippen LogP contribution is 2.26. The summed E-state index contributed by atoms with van der Waals surface area (Å²) in [5, 5.41) is 11.2. The van der Waals surface area contributed by atoms with Crippen molar-refractivity contribution in [2.45, 2.75) is 30.4 Å². The van der Waals surface area contributed by atoms with Crippen molar-refractivity contribution in [2.75, 3.05) is 5.32 Å². The molecule has 0 saturated carbocycles. The first kappa shape index (κ1) is 13.6. The second-order valence-corrected chi connectivity index (χ2v) is 4.83. The lowest BCUT2D eigenvalue weighted by atomic mass is 10.3. The fraction of sp³-hybridized carbons (Fsp3) is 0.333. The first-order valence-corrected chi connectivity index (χ1v) is 6.18. The molecule has 1 aromatic rings. The van der Waals surface area contributed by atoms with Gasteiger partial charge < -0.3 is 10.4 Å². The minimum absolute atomic E-state index is 0.123. The van der Waals surface area contributed by atoms with E-state index in [2.05, 4.69) is 5.32 Å². The Morgan fingerprint density at radius 1 is 1.35 bits per heavy atom. The van der Waals surface area contributed by atoms with Crippen LogP contribution in [0.2, 0.25) is 0 Å². The van der Waals surface area contributed by atoms with E-state index in [-0.39, 0.29) is 5.91 Å². The third-order valence-corrected chi connectivity index (χ3v) is 3.46. The summed E-state index contributed by atoms with van der Waals surface area (Å²) in [6.07, 6.45) is 0.577. The number of thioether (sulfide) groups is 1. The molecule has 0 fully saturated rings. The van der Waals surface area contributed by atoms with Crippen molar-refractivity contribution in [3.63, 3.8) is 0 Å². The highest BCUT2D eigenvalue weighted by Gasteiger charge is 2.16. The number of carboxylic acids is 1. The molecule has 0 aliphatic heterocycles. The number of hydrogen-bond acceptors (Lipinski definition) is 3. The van der Waals surface area contributed by atoms with Crippen LogP contribution >= 0.6 is 11.8 Å². The average molecular weight is 253 g/mol. The van der Waals surface area contributed by atoms with Crippen molar-refractivity contribution < 1.29 is 14.7 Å². The third-order valence-electron chi connectivity index (χ3n) is 2.10. The topological polar surface area (TPSA) is 66.4 Å². The molecule has 0 aliphatic carbocycles. The van der Waals surface area contributed by atoms with E-state index in [1.807, 2.05) is 19.1 Å². The maximum absolute atomic E-state index is 10.9. The van der Waals surface area contributed by atoms with E-state index in [0.717, 1.165) is 4.90 Å². The smallest absolute Gasteiger partial charge is 0.316 e. The molecule has 0 radical (unpaired) electrons. The molecule has 0 saturated heterocycles. The van der Waals surface area contributed by atoms with E-state index in [0.29, 0.717) is 12.1 Å². The summed E-state index contributed by atoms with van der Waals surface area (Å²) in [4.78, 5) is 22.6. The van der Waals surface area contributed by atoms with Crippen molar-refractivity contribution in [3.8, 4) is 0 Å². The van der Waals surface area contributed by atoms with Crippen LogP contribution in [-0.2, 0) is 9.59 Å². The van der Waals surface area contributed by atoms with Crippen LogP contribution in [0.25, 0.3) is 0 Å². The zero-order valence-corrected chi connectivity index (χ0v) is 10.6. The number of aliphatic carboxylic acids is 1. The number of nitrogens with one attached hydrogen (secondary N) is 1. The largest absolute Gasteiger partial charge is 0.480 e. The molecular formula is C12H15NO3S. The van der Waals surface area contributed by atoms with E-state index >= 15 is 0 Å². The monoisotopic (exact) mass is 253 g/mol. The zero-order chi connectivity index (χ0) is 12.8. The maximum Gasteiger partial charge on any atom is 0.316 e. The first-order valence-electron chi connectivity index (χ1n) is 5.30. The van der Waals surface area contributed by atoms with E-state index in [1.54, 1.807) is 12.1 Å². The van der Waals surface area contributed by atoms with Crippen LogP contribution in [0.1, 0.15) is 20.3 Å². The van der Waals surface area contributed by atoms with Crippen molar-refractivity contribution in [3.05, 3.63) is 24.3 Å². The summed E-state index contributed by atoms with van der Waals surface area (Å²) in [6, 6.07) is 7.14. The molecule has 1 atom stereocenters. The predicted octanol–water partition coefficient (Wildman–Crippen LogP) is 2.60. The fourth-order valence-electron chi connectivity index (χ4n) is 1.29. The number of carbonyl (C=O) groups is 2. The average Bonchev–Trinajstić information content (AvgIpc) is 2.26. The molecule has 2 N–H and O–H groups in total. The summed E-state index contributed by atoms with van der Waals surface area (Å²) in [6.45, 7) is 3.29. The minimum atomic E-state index is -0.802. The van der Waals surface area contributed by atoms with Crippen molar-refractivity contribution in [2.24, 2.45) is 0 Å². The maximum atomic E-state index is 10.9. The normalized spacial score (nSPS) is 11.9. The molecule has 1 amide bonds. The molecule has 92 valence electrons. The molecule has 17 heavy (non-hydrogen) atoms. The Hall–Kier alpha value is -1.49. The lowest BCUT2D eigenvalue weighted by Crippen LogP contribution is -2.14. The van der Waals surface area contributed by atoms with Gasteiger partial charge in [-0.3, -0.25) is 9.59 Å². The number of carboxylic acid groups (broad SMARTS) is 1. The molecule has 1 unspecified atom stereocenters. The Labute approximate surface area is 104 Å². The molecular weight excluding hydrogens is 238 g/mol. The Kier molecular flexibility index (Phi) is 5.03. The summed E-state index contributed by atoms with van der Waals surface area (Å²) >= 11 is 1.31. The van der Waals surface area contributed by atoms with Gasteiger partial charge in [0.2, 0.25) is 5.91 Å². The number of anilines is 1. The highest BCUT2D eigenvalue weighted by atomic mass is 32.2. The van der Waals surface area contributed by atoms with Crippen LogP contribution in [0.3, 0.4) is 0 Å². The summed E-state index contributed by atoms with van der Waals surface area (Å²) in [5.74, 6) is -0.925. The van der Waals surface area contributed by atoms with Gasteiger partial charge in [0.05, 0.1) is 0 Å². The predicted molar refractivity (Wildman–Crippen MR) is 68.3 cm³/mol. The Morgan fingerprint density at radius 2 is 1.94 bits per heavy atom. The van der Waals surface area contributed by atoms with Gasteiger partial charge in [-0.05, 0) is 30.7 Å². The fourth-order valence-corrected chi connectivity index (χ4v) is 2.18. The Morgan fingerprint density at radius 3 is 2.35 bits per heavy atom. The van der Waals surface area contributed by atoms with Crippen molar-refractivity contribution >= 4 is 29.3 Å². The number of benzene rings is 1. The van der Waals surface area contributed by atoms with Gasteiger partial charge in [-0.25, -0.2) is 0 Å². The van der Waals surface area contributed by atoms with Crippen LogP contribution in [0.4, 0.5) is 5.69 Å². The Bertz CT molecular complexity index is 403. The van der Waals surface area contributed by atoms with E-state index in [9.17, 15) is 9.59 Å². The molecule has 1 aromatic carbocycles. The molecule has 0 heterocycles. The molecule has 1 rings (SSSR count). The van der Waals surface area contributed by atoms with Gasteiger partial charge in [0.15, 0.2) is 0 Å². The van der Waals surface area contributed by atoms with E-state index < -0.39 is 11.2 Å². The van der Waals surface area contributed by atoms with Gasteiger partial charge in [0, 0.05) is 17.5 Å². The van der Waals surface area contributed by atoms with Crippen LogP contribution in [-0.4, -0.2) is 22.2 Å². The van der Waals surface area contributed by atoms with Gasteiger partial charge >= 0.3 is 5.97 Å². The van der Waals surface area contributed by atoms with Crippen LogP contribution in [0.5, 0.6) is 0 Å². The number of hydrogen-bond donors (Lipinski definition) is 2. The first-order chi connectivity index (χ1) is 8.02. The number of carbonyl (C=O) groups excluding carboxylic acids is 1. The van der Waals surface area contributed by atoms with Crippen molar-refractivity contribution in [1.82, 2.24) is 0 Å². The molecule has 0 bridgehead atoms. The summed E-state index contributed by atoms with van der Waals surface area (Å²) in [7, 11) is 0. The zero-order valence-electron chi connectivity index (χ0n) is 9.77. The second-order valence-electron chi connectivity index (χ2n) is 3.56. The lowest BCUT2D eigenvalue weighted by Gasteiger charge is -2.09. The quantitative estimate of drug-likeness (QED) is 0.792. The van der Waals surface area contributed by atoms with Crippen LogP contribution in [0.15, 0.2) is 29.2 Å². The molecule has 4 nitrogen and oxygen atoms in total. The highest BCUT2D eigenvalue weighted by molar-refractivity contribution is 8.00. The molecule has 0 spiro atoms. The number of rotatable bonds is 5. The third kappa shape index (κ3) is 4.48. The summed E-state index contributed by atoms with van der Waals surface area (Å²) < 4.78 is 0. The summed E-state index contributed by atoms with van der Waals surface area (Å²) in [5.41, 5.74) is 0.713. The standard InChI is InChI=1S/C12H15NO3S/c1-3-11(12(15)16)17-10-6-4-9(5-7-10)13-8(2)14/h4-7,11H,3H2,1-2H3,(H,13,14)(H,15,16). The van der Waals surface area contributed by atoms with Gasteiger partial charge in [-0.1, -0.05) is 6.92 Å². The van der Waals surface area contributed by atoms with E-state index in [1.165, 1.54) is 18.7 Å². The molecule has 5 heteroatoms. The van der Waals surface area contributed by atoms with E-state index in [4.69, 9.17) is 5.11 Å². The van der Waals surface area contributed by atoms with Crippen molar-refractivity contribution in [1.29, 1.82) is 0 Å². The van der Waals surface area contributed by atoms with Gasteiger partial charge in [0.1, 0.15) is 5.25 Å². The molecule has 0 aromatic heterocycles. The van der Waals surface area contributed by atoms with Crippen LogP contribution < -0.4 is 5.32 Å². The molecule has 0 aliphatic rings. The second kappa shape index (κ2) is 6.30. The van der Waals surface area contributed by atoms with Crippen LogP contribution in [0, 0.1) is 0 Å². The lowest BCUT2D eigenvalue weighted by molar-refractivity contribution is -0.136. The van der Waals surface area contributed by atoms with Gasteiger partial charge in [0.25, 0.3) is 0 Å². The van der Waals surface area contributed by atoms with Gasteiger partial charge in [-0.15, -0.1) is 11.8 Å². The Balaban J connectivity index is 2.67. The number of amides is 1. The minimum Gasteiger partial charge on any atom is -0.480 e. The SMILES string of the molecule is CCC(Sc1ccc(NC(C)=O)cc1)C(=O)O.